The number of nitrogens with zero attached hydrogens (tertiary/aromatic N) is 2. The maximum absolute atomic E-state index is 9.27. The highest BCUT2D eigenvalue weighted by Gasteiger charge is 2.14. The second-order valence-electron chi connectivity index (χ2n) is 5.73. The first kappa shape index (κ1) is 16.9. The van der Waals surface area contributed by atoms with Crippen LogP contribution in [0.2, 0.25) is 10.0 Å². The van der Waals surface area contributed by atoms with Crippen molar-refractivity contribution in [3.8, 4) is 28.5 Å². The topological polar surface area (TPSA) is 86.8 Å². The summed E-state index contributed by atoms with van der Waals surface area (Å²) in [4.78, 5) is 7.73. The number of nitrogens with one attached hydrogen (secondary N) is 2. The van der Waals surface area contributed by atoms with Gasteiger partial charge in [-0.25, -0.2) is 4.98 Å². The molecule has 2 heterocycles. The van der Waals surface area contributed by atoms with Crippen molar-refractivity contribution in [2.75, 3.05) is 7.11 Å². The zero-order chi connectivity index (χ0) is 18.3. The van der Waals surface area contributed by atoms with Crippen molar-refractivity contribution in [1.82, 2.24) is 20.2 Å². The number of benzene rings is 2. The van der Waals surface area contributed by atoms with Crippen molar-refractivity contribution < 1.29 is 9.84 Å². The Balaban J connectivity index is 1.75. The van der Waals surface area contributed by atoms with Gasteiger partial charge in [0.2, 0.25) is 0 Å². The van der Waals surface area contributed by atoms with Crippen molar-refractivity contribution in [3.63, 3.8) is 0 Å². The first-order valence-electron chi connectivity index (χ1n) is 7.77. The minimum Gasteiger partial charge on any atom is -0.496 e. The Bertz CT molecular complexity index is 1060. The van der Waals surface area contributed by atoms with Crippen molar-refractivity contribution >= 4 is 34.2 Å². The highest BCUT2D eigenvalue weighted by atomic mass is 35.5. The molecule has 0 amide bonds. The zero-order valence-corrected chi connectivity index (χ0v) is 15.2. The lowest BCUT2D eigenvalue weighted by molar-refractivity contribution is 0.281. The molecule has 4 aromatic rings. The lowest BCUT2D eigenvalue weighted by Gasteiger charge is -2.07. The number of hydrogen-bond donors (Lipinski definition) is 3. The summed E-state index contributed by atoms with van der Waals surface area (Å²) < 4.78 is 5.41. The average Bonchev–Trinajstić information content (AvgIpc) is 3.28. The molecule has 0 aliphatic carbocycles. The summed E-state index contributed by atoms with van der Waals surface area (Å²) in [6.45, 7) is -0.0490. The Morgan fingerprint density at radius 1 is 1.12 bits per heavy atom. The third-order valence-corrected chi connectivity index (χ3v) is 4.80. The van der Waals surface area contributed by atoms with Crippen LogP contribution in [-0.4, -0.2) is 32.4 Å². The molecule has 4 rings (SSSR count). The number of halogens is 2. The molecule has 0 fully saturated rings. The van der Waals surface area contributed by atoms with E-state index in [1.165, 1.54) is 0 Å². The Kier molecular flexibility index (Phi) is 4.32. The van der Waals surface area contributed by atoms with Gasteiger partial charge in [-0.05, 0) is 35.9 Å². The second kappa shape index (κ2) is 6.64. The molecular weight excluding hydrogens is 375 g/mol. The van der Waals surface area contributed by atoms with E-state index in [1.54, 1.807) is 25.3 Å². The van der Waals surface area contributed by atoms with Gasteiger partial charge in [-0.3, -0.25) is 5.10 Å². The van der Waals surface area contributed by atoms with Gasteiger partial charge >= 0.3 is 0 Å². The van der Waals surface area contributed by atoms with Crippen LogP contribution in [0.15, 0.2) is 36.4 Å². The fourth-order valence-corrected chi connectivity index (χ4v) is 3.08. The largest absolute Gasteiger partial charge is 0.496 e. The Hall–Kier alpha value is -2.54. The number of aromatic amines is 2. The SMILES string of the molecule is COc1cc(CO)ccc1-c1cc(-c2nc3cc(Cl)c(Cl)cc3[nH]2)[nH]n1. The van der Waals surface area contributed by atoms with Crippen LogP contribution in [0.3, 0.4) is 0 Å². The van der Waals surface area contributed by atoms with Crippen molar-refractivity contribution in [2.24, 2.45) is 0 Å². The summed E-state index contributed by atoms with van der Waals surface area (Å²) in [5.41, 5.74) is 4.52. The average molecular weight is 389 g/mol. The second-order valence-corrected chi connectivity index (χ2v) is 6.54. The Morgan fingerprint density at radius 3 is 2.69 bits per heavy atom. The lowest BCUT2D eigenvalue weighted by Crippen LogP contribution is -1.91. The molecule has 0 aliphatic heterocycles. The minimum atomic E-state index is -0.0490. The first-order chi connectivity index (χ1) is 12.6. The quantitative estimate of drug-likeness (QED) is 0.482. The molecule has 8 heteroatoms. The van der Waals surface area contributed by atoms with Gasteiger partial charge in [-0.15, -0.1) is 0 Å². The number of methoxy groups -OCH3 is 1. The molecule has 0 radical (unpaired) electrons. The van der Waals surface area contributed by atoms with Crippen molar-refractivity contribution in [1.29, 1.82) is 0 Å². The maximum Gasteiger partial charge on any atom is 0.156 e. The van der Waals surface area contributed by atoms with E-state index in [2.05, 4.69) is 20.2 Å². The van der Waals surface area contributed by atoms with Gasteiger partial charge in [0.1, 0.15) is 11.4 Å². The van der Waals surface area contributed by atoms with Crippen LogP contribution in [0, 0.1) is 0 Å². The molecule has 6 nitrogen and oxygen atoms in total. The van der Waals surface area contributed by atoms with Crippen LogP contribution in [-0.2, 0) is 6.61 Å². The Morgan fingerprint density at radius 2 is 1.92 bits per heavy atom. The molecule has 0 bridgehead atoms. The predicted molar refractivity (Wildman–Crippen MR) is 102 cm³/mol. The maximum atomic E-state index is 9.27. The molecule has 0 spiro atoms. The monoisotopic (exact) mass is 388 g/mol. The summed E-state index contributed by atoms with van der Waals surface area (Å²) in [7, 11) is 1.58. The molecular formula is C18H14Cl2N4O2. The highest BCUT2D eigenvalue weighted by Crippen LogP contribution is 2.32. The standard InChI is InChI=1S/C18H14Cl2N4O2/c1-26-17-4-9(8-25)2-3-10(17)13-7-16(24-23-13)18-21-14-5-11(19)12(20)6-15(14)22-18/h2-7,25H,8H2,1H3,(H,21,22)(H,23,24). The number of rotatable bonds is 4. The zero-order valence-electron chi connectivity index (χ0n) is 13.7. The summed E-state index contributed by atoms with van der Waals surface area (Å²) in [5, 5.41) is 17.5. The molecule has 2 aromatic heterocycles. The number of ether oxygens (including phenoxy) is 1. The third-order valence-electron chi connectivity index (χ3n) is 4.08. The Labute approximate surface area is 158 Å². The molecule has 3 N–H and O–H groups in total. The van der Waals surface area contributed by atoms with Crippen LogP contribution in [0.4, 0.5) is 0 Å². The summed E-state index contributed by atoms with van der Waals surface area (Å²) >= 11 is 12.1. The normalized spacial score (nSPS) is 11.2. The third kappa shape index (κ3) is 2.92. The van der Waals surface area contributed by atoms with Crippen LogP contribution < -0.4 is 4.74 Å². The highest BCUT2D eigenvalue weighted by molar-refractivity contribution is 6.42. The van der Waals surface area contributed by atoms with Gasteiger partial charge in [0.15, 0.2) is 5.82 Å². The van der Waals surface area contributed by atoms with E-state index in [-0.39, 0.29) is 6.61 Å². The fraction of sp³-hybridized carbons (Fsp3) is 0.111. The molecule has 0 aliphatic rings. The number of aromatic nitrogens is 4. The van der Waals surface area contributed by atoms with Gasteiger partial charge in [0.25, 0.3) is 0 Å². The van der Waals surface area contributed by atoms with Gasteiger partial charge in [-0.2, -0.15) is 5.10 Å². The lowest BCUT2D eigenvalue weighted by atomic mass is 10.1. The van der Waals surface area contributed by atoms with E-state index in [9.17, 15) is 5.11 Å². The molecule has 132 valence electrons. The van der Waals surface area contributed by atoms with Crippen LogP contribution >= 0.6 is 23.2 Å². The predicted octanol–water partition coefficient (Wildman–Crippen LogP) is 4.43. The van der Waals surface area contributed by atoms with Crippen LogP contribution in [0.1, 0.15) is 5.56 Å². The van der Waals surface area contributed by atoms with Crippen molar-refractivity contribution in [2.45, 2.75) is 6.61 Å². The summed E-state index contributed by atoms with van der Waals surface area (Å²) in [5.74, 6) is 1.26. The van der Waals surface area contributed by atoms with Crippen molar-refractivity contribution in [3.05, 3.63) is 52.0 Å². The number of fused-ring (bicyclic) bond motifs is 1. The van der Waals surface area contributed by atoms with Crippen LogP contribution in [0.25, 0.3) is 33.8 Å². The van der Waals surface area contributed by atoms with E-state index in [4.69, 9.17) is 27.9 Å². The number of aliphatic hydroxyl groups is 1. The molecule has 2 aromatic carbocycles. The molecule has 0 atom stereocenters. The molecule has 0 unspecified atom stereocenters. The number of imidazole rings is 1. The van der Waals surface area contributed by atoms with E-state index < -0.39 is 0 Å². The number of hydrogen-bond acceptors (Lipinski definition) is 4. The van der Waals surface area contributed by atoms with E-state index in [1.807, 2.05) is 18.2 Å². The van der Waals surface area contributed by atoms with Gasteiger partial charge in [0.05, 0.1) is 40.5 Å². The molecule has 0 saturated carbocycles. The van der Waals surface area contributed by atoms with E-state index >= 15 is 0 Å². The van der Waals surface area contributed by atoms with Gasteiger partial charge in [-0.1, -0.05) is 29.3 Å². The molecule has 26 heavy (non-hydrogen) atoms. The van der Waals surface area contributed by atoms with Gasteiger partial charge < -0.3 is 14.8 Å². The van der Waals surface area contributed by atoms with E-state index in [0.717, 1.165) is 27.9 Å². The smallest absolute Gasteiger partial charge is 0.156 e. The van der Waals surface area contributed by atoms with Gasteiger partial charge in [0, 0.05) is 5.56 Å². The number of aliphatic hydroxyl groups excluding tert-OH is 1. The first-order valence-corrected chi connectivity index (χ1v) is 8.53. The molecule has 0 saturated heterocycles. The minimum absolute atomic E-state index is 0.0490. The number of H-pyrrole nitrogens is 2. The summed E-state index contributed by atoms with van der Waals surface area (Å²) in [6, 6.07) is 10.8. The fourth-order valence-electron chi connectivity index (χ4n) is 2.76. The van der Waals surface area contributed by atoms with E-state index in [0.29, 0.717) is 27.3 Å². The summed E-state index contributed by atoms with van der Waals surface area (Å²) in [6.07, 6.45) is 0. The van der Waals surface area contributed by atoms with Crippen LogP contribution in [0.5, 0.6) is 5.75 Å².